The van der Waals surface area contributed by atoms with E-state index in [1.165, 1.54) is 32.1 Å². The summed E-state index contributed by atoms with van der Waals surface area (Å²) in [5, 5.41) is 5.97. The van der Waals surface area contributed by atoms with Crippen LogP contribution in [0.25, 0.3) is 0 Å². The predicted molar refractivity (Wildman–Crippen MR) is 69.9 cm³/mol. The zero-order valence-electron chi connectivity index (χ0n) is 10.6. The van der Waals surface area contributed by atoms with E-state index in [9.17, 15) is 4.79 Å². The zero-order valence-corrected chi connectivity index (χ0v) is 12.1. The van der Waals surface area contributed by atoms with Gasteiger partial charge in [-0.3, -0.25) is 4.79 Å². The Hall–Kier alpha value is -0.390. The van der Waals surface area contributed by atoms with Crippen molar-refractivity contribution in [3.8, 4) is 0 Å². The maximum Gasteiger partial charge on any atom is 0.265 e. The van der Waals surface area contributed by atoms with Crippen molar-refractivity contribution in [1.82, 2.24) is 10.6 Å². The highest BCUT2D eigenvalue weighted by Crippen LogP contribution is 2.03. The standard InChI is InChI=1S/C11H23N3OS.ClH/c1-2-3-4-5-6-7-8-13-10(15)9-14-11(12)16;/h2-9H2,1H3,(H,13,15)(H3,12,14,16);1H. The molecule has 1 amide bonds. The van der Waals surface area contributed by atoms with E-state index in [2.05, 4.69) is 23.3 Å². The number of unbranched alkanes of at least 4 members (excludes halogenated alkanes) is 5. The summed E-state index contributed by atoms with van der Waals surface area (Å²) in [6.45, 7) is 3.20. The van der Waals surface area contributed by atoms with Crippen molar-refractivity contribution < 1.29 is 22.9 Å². The number of thiocarbonyl (C=S) groups is 1. The summed E-state index contributed by atoms with van der Waals surface area (Å²) < 4.78 is 0. The predicted octanol–water partition coefficient (Wildman–Crippen LogP) is -2.42. The van der Waals surface area contributed by atoms with Gasteiger partial charge in [-0.05, 0) is 6.42 Å². The van der Waals surface area contributed by atoms with Gasteiger partial charge >= 0.3 is 0 Å². The molecule has 0 aliphatic rings. The molecule has 0 bridgehead atoms. The van der Waals surface area contributed by atoms with Crippen LogP contribution in [-0.2, 0) is 4.79 Å². The summed E-state index contributed by atoms with van der Waals surface area (Å²) in [5.41, 5.74) is 3.49. The SMILES string of the molecule is CCCCCCCCNC(=O)CNC([NH3+])=S.[Cl-]. The first-order valence-electron chi connectivity index (χ1n) is 6.03. The number of hydrogen-bond donors (Lipinski definition) is 3. The number of hydrogen-bond acceptors (Lipinski definition) is 2. The van der Waals surface area contributed by atoms with E-state index in [0.29, 0.717) is 5.11 Å². The van der Waals surface area contributed by atoms with E-state index < -0.39 is 0 Å². The second kappa shape index (κ2) is 13.7. The molecule has 0 aliphatic heterocycles. The lowest BCUT2D eigenvalue weighted by Gasteiger charge is -2.05. The number of amides is 1. The molecule has 6 heteroatoms. The second-order valence-corrected chi connectivity index (χ2v) is 4.39. The van der Waals surface area contributed by atoms with Gasteiger partial charge in [0.05, 0.1) is 6.54 Å². The molecule has 0 rings (SSSR count). The van der Waals surface area contributed by atoms with Gasteiger partial charge in [-0.1, -0.05) is 39.0 Å². The highest BCUT2D eigenvalue weighted by Gasteiger charge is 2.00. The van der Waals surface area contributed by atoms with Crippen molar-refractivity contribution in [2.45, 2.75) is 45.4 Å². The van der Waals surface area contributed by atoms with Gasteiger partial charge < -0.3 is 28.8 Å². The van der Waals surface area contributed by atoms with Crippen molar-refractivity contribution >= 4 is 23.2 Å². The fourth-order valence-electron chi connectivity index (χ4n) is 1.37. The Morgan fingerprint density at radius 3 is 2.29 bits per heavy atom. The fourth-order valence-corrected chi connectivity index (χ4v) is 1.45. The van der Waals surface area contributed by atoms with Crippen LogP contribution >= 0.6 is 12.2 Å². The van der Waals surface area contributed by atoms with Gasteiger partial charge in [0.2, 0.25) is 5.91 Å². The molecule has 0 atom stereocenters. The van der Waals surface area contributed by atoms with Crippen molar-refractivity contribution in [2.75, 3.05) is 13.1 Å². The van der Waals surface area contributed by atoms with Crippen LogP contribution in [0.3, 0.4) is 0 Å². The summed E-state index contributed by atoms with van der Waals surface area (Å²) in [7, 11) is 0. The summed E-state index contributed by atoms with van der Waals surface area (Å²) in [6, 6.07) is 0. The molecular formula is C11H24ClN3OS. The van der Waals surface area contributed by atoms with Crippen LogP contribution in [0.15, 0.2) is 0 Å². The Morgan fingerprint density at radius 2 is 1.71 bits per heavy atom. The monoisotopic (exact) mass is 281 g/mol. The van der Waals surface area contributed by atoms with Crippen LogP contribution in [-0.4, -0.2) is 24.1 Å². The average Bonchev–Trinajstić information content (AvgIpc) is 2.25. The summed E-state index contributed by atoms with van der Waals surface area (Å²) in [4.78, 5) is 11.2. The van der Waals surface area contributed by atoms with E-state index >= 15 is 0 Å². The minimum Gasteiger partial charge on any atom is -1.00 e. The first-order chi connectivity index (χ1) is 7.66. The molecule has 0 aromatic rings. The molecule has 5 N–H and O–H groups in total. The fraction of sp³-hybridized carbons (Fsp3) is 0.818. The number of nitrogens with one attached hydrogen (secondary N) is 2. The van der Waals surface area contributed by atoms with E-state index in [-0.39, 0.29) is 24.9 Å². The Bertz CT molecular complexity index is 215. The van der Waals surface area contributed by atoms with Gasteiger partial charge in [0, 0.05) is 18.8 Å². The lowest BCUT2D eigenvalue weighted by atomic mass is 10.1. The molecule has 102 valence electrons. The highest BCUT2D eigenvalue weighted by molar-refractivity contribution is 7.79. The molecular weight excluding hydrogens is 258 g/mol. The topological polar surface area (TPSA) is 68.8 Å². The number of carbonyl (C=O) groups is 1. The van der Waals surface area contributed by atoms with Crippen LogP contribution in [0.5, 0.6) is 0 Å². The summed E-state index contributed by atoms with van der Waals surface area (Å²) >= 11 is 4.71. The minimum absolute atomic E-state index is 0. The lowest BCUT2D eigenvalue weighted by Crippen LogP contribution is -3.00. The third-order valence-corrected chi connectivity index (χ3v) is 2.44. The van der Waals surface area contributed by atoms with Gasteiger partial charge in [0.15, 0.2) is 0 Å². The molecule has 4 nitrogen and oxygen atoms in total. The molecule has 0 fully saturated rings. The van der Waals surface area contributed by atoms with Gasteiger partial charge in [-0.25, -0.2) is 0 Å². The molecule has 0 heterocycles. The third-order valence-electron chi connectivity index (χ3n) is 2.30. The number of halogens is 1. The van der Waals surface area contributed by atoms with Crippen LogP contribution in [0.2, 0.25) is 0 Å². The molecule has 0 aromatic heterocycles. The van der Waals surface area contributed by atoms with Gasteiger partial charge in [0.1, 0.15) is 0 Å². The number of carbonyl (C=O) groups excluding carboxylic acids is 1. The third kappa shape index (κ3) is 15.6. The maximum atomic E-state index is 11.2. The minimum atomic E-state index is -0.0143. The quantitative estimate of drug-likeness (QED) is 0.326. The van der Waals surface area contributed by atoms with E-state index in [0.717, 1.165) is 13.0 Å². The largest absolute Gasteiger partial charge is 1.00 e. The van der Waals surface area contributed by atoms with Crippen molar-refractivity contribution in [3.63, 3.8) is 0 Å². The van der Waals surface area contributed by atoms with E-state index in [1.54, 1.807) is 0 Å². The first-order valence-corrected chi connectivity index (χ1v) is 6.44. The van der Waals surface area contributed by atoms with Crippen molar-refractivity contribution in [1.29, 1.82) is 0 Å². The average molecular weight is 282 g/mol. The normalized spacial score (nSPS) is 9.29. The van der Waals surface area contributed by atoms with E-state index in [4.69, 9.17) is 12.2 Å². The molecule has 0 aliphatic carbocycles. The maximum absolute atomic E-state index is 11.2. The first kappa shape index (κ1) is 19.0. The Labute approximate surface area is 116 Å². The second-order valence-electron chi connectivity index (χ2n) is 3.89. The molecule has 0 unspecified atom stereocenters. The summed E-state index contributed by atoms with van der Waals surface area (Å²) in [5.74, 6) is -0.0143. The molecule has 17 heavy (non-hydrogen) atoms. The highest BCUT2D eigenvalue weighted by atomic mass is 35.5. The van der Waals surface area contributed by atoms with Crippen molar-refractivity contribution in [3.05, 3.63) is 0 Å². The van der Waals surface area contributed by atoms with Gasteiger partial charge in [-0.2, -0.15) is 0 Å². The van der Waals surface area contributed by atoms with Crippen LogP contribution in [0.4, 0.5) is 0 Å². The number of quaternary nitrogens is 1. The molecule has 0 saturated carbocycles. The number of rotatable bonds is 9. The lowest BCUT2D eigenvalue weighted by molar-refractivity contribution is -0.215. The molecule has 0 aromatic carbocycles. The molecule has 0 saturated heterocycles. The summed E-state index contributed by atoms with van der Waals surface area (Å²) in [6.07, 6.45) is 7.42. The van der Waals surface area contributed by atoms with Crippen LogP contribution < -0.4 is 28.8 Å². The molecule has 0 spiro atoms. The Kier molecular flexibility index (Phi) is 15.3. The van der Waals surface area contributed by atoms with Crippen LogP contribution in [0, 0.1) is 0 Å². The molecule has 0 radical (unpaired) electrons. The Morgan fingerprint density at radius 1 is 1.12 bits per heavy atom. The Balaban J connectivity index is 0. The van der Waals surface area contributed by atoms with Crippen LogP contribution in [0.1, 0.15) is 45.4 Å². The van der Waals surface area contributed by atoms with Gasteiger partial charge in [0.25, 0.3) is 5.11 Å². The van der Waals surface area contributed by atoms with Crippen molar-refractivity contribution in [2.24, 2.45) is 0 Å². The smallest absolute Gasteiger partial charge is 0.265 e. The van der Waals surface area contributed by atoms with E-state index in [1.807, 2.05) is 0 Å². The van der Waals surface area contributed by atoms with Gasteiger partial charge in [-0.15, -0.1) is 0 Å². The zero-order chi connectivity index (χ0) is 12.2.